The van der Waals surface area contributed by atoms with Gasteiger partial charge in [0.25, 0.3) is 0 Å². The maximum absolute atomic E-state index is 13.0. The molecule has 0 aliphatic carbocycles. The van der Waals surface area contributed by atoms with E-state index in [1.165, 1.54) is 0 Å². The van der Waals surface area contributed by atoms with E-state index in [1.54, 1.807) is 24.3 Å². The second kappa shape index (κ2) is 11.4. The molecule has 0 bridgehead atoms. The molecule has 2 atom stereocenters. The normalized spacial score (nSPS) is 17.8. The lowest BCUT2D eigenvalue weighted by Gasteiger charge is -2.31. The van der Waals surface area contributed by atoms with Crippen molar-refractivity contribution >= 4 is 62.8 Å². The molecule has 0 saturated carbocycles. The fraction of sp³-hybridized carbons (Fsp3) is 0.217. The number of rotatable bonds is 6. The summed E-state index contributed by atoms with van der Waals surface area (Å²) in [5.74, 6) is -5.00. The second-order valence-corrected chi connectivity index (χ2v) is 9.72. The minimum absolute atomic E-state index is 0.0259. The zero-order chi connectivity index (χ0) is 26.6. The zero-order valence-electron chi connectivity index (χ0n) is 18.3. The topological polar surface area (TPSA) is 108 Å². The average Bonchev–Trinajstić information content (AvgIpc) is 2.82. The average molecular weight is 603 g/mol. The standard InChI is InChI=1S/C23H16BrClF3N3O4S/c1-35-22(34)19-18(11-3-2-4-13(24)7-11)14(9-29)21(31-20(19)33)36-10-17(32)30-16-8-12(23(26,27)28)5-6-15(16)25/h2-8,18-19H,10H2,1H3,(H,30,32)(H,31,33)/t18-,19-/m1/s1. The molecule has 13 heteroatoms. The van der Waals surface area contributed by atoms with Crippen molar-refractivity contribution in [3.8, 4) is 6.07 Å². The van der Waals surface area contributed by atoms with Crippen LogP contribution in [-0.2, 0) is 25.3 Å². The number of carbonyl (C=O) groups excluding carboxylic acids is 3. The third-order valence-electron chi connectivity index (χ3n) is 5.11. The molecule has 188 valence electrons. The van der Waals surface area contributed by atoms with Crippen molar-refractivity contribution < 1.29 is 32.3 Å². The van der Waals surface area contributed by atoms with Gasteiger partial charge in [-0.2, -0.15) is 18.4 Å². The molecule has 0 spiro atoms. The van der Waals surface area contributed by atoms with Crippen molar-refractivity contribution in [2.75, 3.05) is 18.2 Å². The van der Waals surface area contributed by atoms with Gasteiger partial charge in [0.15, 0.2) is 0 Å². The van der Waals surface area contributed by atoms with E-state index in [4.69, 9.17) is 16.3 Å². The Morgan fingerprint density at radius 3 is 2.61 bits per heavy atom. The van der Waals surface area contributed by atoms with Gasteiger partial charge in [0.05, 0.1) is 45.8 Å². The van der Waals surface area contributed by atoms with Crippen LogP contribution in [-0.4, -0.2) is 30.6 Å². The Bertz CT molecular complexity index is 1300. The molecule has 0 saturated heterocycles. The molecule has 2 aromatic carbocycles. The number of benzene rings is 2. The Hall–Kier alpha value is -3.01. The molecular weight excluding hydrogens is 587 g/mol. The van der Waals surface area contributed by atoms with Crippen LogP contribution < -0.4 is 10.6 Å². The van der Waals surface area contributed by atoms with Crippen LogP contribution in [0.2, 0.25) is 5.02 Å². The van der Waals surface area contributed by atoms with Gasteiger partial charge in [0.2, 0.25) is 11.8 Å². The van der Waals surface area contributed by atoms with Gasteiger partial charge in [-0.1, -0.05) is 51.4 Å². The van der Waals surface area contributed by atoms with Crippen molar-refractivity contribution in [1.82, 2.24) is 5.32 Å². The van der Waals surface area contributed by atoms with Crippen LogP contribution in [0, 0.1) is 17.2 Å². The van der Waals surface area contributed by atoms with Crippen LogP contribution in [0.1, 0.15) is 17.0 Å². The summed E-state index contributed by atoms with van der Waals surface area (Å²) in [6.07, 6.45) is -4.63. The Labute approximate surface area is 221 Å². The van der Waals surface area contributed by atoms with Gasteiger partial charge >= 0.3 is 12.1 Å². The van der Waals surface area contributed by atoms with Crippen molar-refractivity contribution in [1.29, 1.82) is 5.26 Å². The number of nitrogens with one attached hydrogen (secondary N) is 2. The minimum atomic E-state index is -4.63. The number of alkyl halides is 3. The van der Waals surface area contributed by atoms with Crippen LogP contribution in [0.25, 0.3) is 0 Å². The molecule has 1 heterocycles. The Kier molecular flexibility index (Phi) is 8.71. The second-order valence-electron chi connectivity index (χ2n) is 7.41. The third-order valence-corrected chi connectivity index (χ3v) is 6.95. The molecule has 1 aliphatic heterocycles. The number of nitriles is 1. The minimum Gasteiger partial charge on any atom is -0.468 e. The number of thioether (sulfide) groups is 1. The quantitative estimate of drug-likeness (QED) is 0.346. The van der Waals surface area contributed by atoms with Gasteiger partial charge < -0.3 is 15.4 Å². The smallest absolute Gasteiger partial charge is 0.416 e. The molecule has 1 aliphatic rings. The number of anilines is 1. The molecular formula is C23H16BrClF3N3O4S. The van der Waals surface area contributed by atoms with E-state index in [2.05, 4.69) is 26.6 Å². The van der Waals surface area contributed by atoms with E-state index < -0.39 is 41.4 Å². The molecule has 3 rings (SSSR count). The summed E-state index contributed by atoms with van der Waals surface area (Å²) in [6, 6.07) is 11.2. The van der Waals surface area contributed by atoms with E-state index in [-0.39, 0.29) is 27.1 Å². The molecule has 7 nitrogen and oxygen atoms in total. The predicted molar refractivity (Wildman–Crippen MR) is 131 cm³/mol. The molecule has 0 unspecified atom stereocenters. The molecule has 36 heavy (non-hydrogen) atoms. The summed E-state index contributed by atoms with van der Waals surface area (Å²) in [4.78, 5) is 37.8. The lowest BCUT2D eigenvalue weighted by Crippen LogP contribution is -2.44. The van der Waals surface area contributed by atoms with Gasteiger partial charge in [-0.05, 0) is 35.9 Å². The van der Waals surface area contributed by atoms with E-state index >= 15 is 0 Å². The number of esters is 1. The molecule has 0 radical (unpaired) electrons. The number of carbonyl (C=O) groups is 3. The first-order valence-electron chi connectivity index (χ1n) is 10.0. The number of ether oxygens (including phenoxy) is 1. The summed E-state index contributed by atoms with van der Waals surface area (Å²) in [5.41, 5.74) is -0.714. The summed E-state index contributed by atoms with van der Waals surface area (Å²) in [5, 5.41) is 14.6. The first-order valence-corrected chi connectivity index (χ1v) is 12.2. The number of halogens is 5. The monoisotopic (exact) mass is 601 g/mol. The summed E-state index contributed by atoms with van der Waals surface area (Å²) in [7, 11) is 1.12. The Balaban J connectivity index is 1.88. The SMILES string of the molecule is COC(=O)[C@H]1C(=O)NC(SCC(=O)Nc2cc(C(F)(F)F)ccc2Cl)=C(C#N)[C@H]1c1cccc(Br)c1. The van der Waals surface area contributed by atoms with Gasteiger partial charge in [0.1, 0.15) is 5.92 Å². The highest BCUT2D eigenvalue weighted by Crippen LogP contribution is 2.41. The molecule has 2 amide bonds. The van der Waals surface area contributed by atoms with E-state index in [0.717, 1.165) is 31.0 Å². The van der Waals surface area contributed by atoms with E-state index in [0.29, 0.717) is 16.1 Å². The van der Waals surface area contributed by atoms with Crippen molar-refractivity contribution in [3.05, 3.63) is 73.7 Å². The summed E-state index contributed by atoms with van der Waals surface area (Å²) >= 11 is 10.0. The Morgan fingerprint density at radius 2 is 2.00 bits per heavy atom. The lowest BCUT2D eigenvalue weighted by atomic mass is 9.78. The highest BCUT2D eigenvalue weighted by molar-refractivity contribution is 9.10. The highest BCUT2D eigenvalue weighted by atomic mass is 79.9. The number of methoxy groups -OCH3 is 1. The predicted octanol–water partition coefficient (Wildman–Crippen LogP) is 5.23. The molecule has 0 fully saturated rings. The molecule has 0 aromatic heterocycles. The number of allylic oxidation sites excluding steroid dienone is 1. The molecule has 2 N–H and O–H groups in total. The van der Waals surface area contributed by atoms with Crippen LogP contribution in [0.5, 0.6) is 0 Å². The Morgan fingerprint density at radius 1 is 1.28 bits per heavy atom. The fourth-order valence-corrected chi connectivity index (χ4v) is 4.93. The largest absolute Gasteiger partial charge is 0.468 e. The fourth-order valence-electron chi connectivity index (χ4n) is 3.50. The van der Waals surface area contributed by atoms with Gasteiger partial charge in [-0.3, -0.25) is 14.4 Å². The van der Waals surface area contributed by atoms with Gasteiger partial charge in [0, 0.05) is 10.4 Å². The van der Waals surface area contributed by atoms with Crippen LogP contribution in [0.15, 0.2) is 57.5 Å². The number of hydrogen-bond acceptors (Lipinski definition) is 6. The zero-order valence-corrected chi connectivity index (χ0v) is 21.4. The van der Waals surface area contributed by atoms with E-state index in [9.17, 15) is 32.8 Å². The number of nitrogens with zero attached hydrogens (tertiary/aromatic N) is 1. The first-order chi connectivity index (χ1) is 17.0. The third kappa shape index (κ3) is 6.21. The van der Waals surface area contributed by atoms with Crippen LogP contribution >= 0.6 is 39.3 Å². The van der Waals surface area contributed by atoms with Crippen molar-refractivity contribution in [2.24, 2.45) is 5.92 Å². The summed E-state index contributed by atoms with van der Waals surface area (Å²) < 4.78 is 44.4. The van der Waals surface area contributed by atoms with Gasteiger partial charge in [-0.25, -0.2) is 0 Å². The first kappa shape index (κ1) is 27.6. The van der Waals surface area contributed by atoms with Crippen molar-refractivity contribution in [2.45, 2.75) is 12.1 Å². The number of hydrogen-bond donors (Lipinski definition) is 2. The van der Waals surface area contributed by atoms with Crippen LogP contribution in [0.3, 0.4) is 0 Å². The van der Waals surface area contributed by atoms with Crippen molar-refractivity contribution in [3.63, 3.8) is 0 Å². The van der Waals surface area contributed by atoms with Crippen LogP contribution in [0.4, 0.5) is 18.9 Å². The summed E-state index contributed by atoms with van der Waals surface area (Å²) in [6.45, 7) is 0. The lowest BCUT2D eigenvalue weighted by molar-refractivity contribution is -0.150. The maximum atomic E-state index is 13.0. The number of amides is 2. The maximum Gasteiger partial charge on any atom is 0.416 e. The van der Waals surface area contributed by atoms with Gasteiger partial charge in [-0.15, -0.1) is 0 Å². The van der Waals surface area contributed by atoms with E-state index in [1.807, 2.05) is 6.07 Å². The molecule has 2 aromatic rings. The highest BCUT2D eigenvalue weighted by Gasteiger charge is 2.44.